The van der Waals surface area contributed by atoms with Crippen LogP contribution in [-0.2, 0) is 4.79 Å². The second kappa shape index (κ2) is 8.29. The third-order valence-electron chi connectivity index (χ3n) is 2.84. The van der Waals surface area contributed by atoms with Crippen LogP contribution in [0, 0.1) is 0 Å². The number of benzene rings is 1. The largest absolute Gasteiger partial charge is 0.492 e. The fraction of sp³-hybridized carbons (Fsp3) is 0.375. The Balaban J connectivity index is 2.30. The SMILES string of the molecule is CCCSC1=NC(=Cc2cccc(OCC)c2OC)C(=O)S1. The quantitative estimate of drug-likeness (QED) is 0.728. The first-order valence-electron chi connectivity index (χ1n) is 7.14. The predicted octanol–water partition coefficient (Wildman–Crippen LogP) is 4.21. The molecule has 0 aliphatic carbocycles. The molecule has 118 valence electrons. The van der Waals surface area contributed by atoms with Crippen LogP contribution in [0.25, 0.3) is 6.08 Å². The summed E-state index contributed by atoms with van der Waals surface area (Å²) in [6, 6.07) is 5.61. The number of aliphatic imine (C=N–C) groups is 1. The van der Waals surface area contributed by atoms with Gasteiger partial charge in [0.15, 0.2) is 11.5 Å². The number of thioether (sulfide) groups is 2. The van der Waals surface area contributed by atoms with E-state index in [2.05, 4.69) is 11.9 Å². The minimum atomic E-state index is -0.0255. The molecule has 0 saturated heterocycles. The standard InChI is InChI=1S/C16H19NO3S2/c1-4-9-21-16-17-12(15(18)22-16)10-11-7-6-8-13(20-5-2)14(11)19-3/h6-8,10H,4-5,9H2,1-3H3. The molecule has 2 rings (SSSR count). The summed E-state index contributed by atoms with van der Waals surface area (Å²) >= 11 is 2.81. The molecule has 4 nitrogen and oxygen atoms in total. The van der Waals surface area contributed by atoms with E-state index in [1.165, 1.54) is 11.8 Å². The van der Waals surface area contributed by atoms with E-state index in [0.717, 1.165) is 22.1 Å². The molecule has 0 aromatic heterocycles. The molecule has 6 heteroatoms. The van der Waals surface area contributed by atoms with Gasteiger partial charge in [-0.05, 0) is 43.0 Å². The normalized spacial score (nSPS) is 16.0. The summed E-state index contributed by atoms with van der Waals surface area (Å²) < 4.78 is 11.8. The van der Waals surface area contributed by atoms with Crippen molar-refractivity contribution in [2.75, 3.05) is 19.5 Å². The van der Waals surface area contributed by atoms with E-state index in [4.69, 9.17) is 9.47 Å². The van der Waals surface area contributed by atoms with Crippen LogP contribution < -0.4 is 9.47 Å². The molecule has 1 aromatic rings. The van der Waals surface area contributed by atoms with Crippen molar-refractivity contribution < 1.29 is 14.3 Å². The van der Waals surface area contributed by atoms with Gasteiger partial charge in [-0.2, -0.15) is 0 Å². The van der Waals surface area contributed by atoms with Gasteiger partial charge < -0.3 is 9.47 Å². The van der Waals surface area contributed by atoms with Gasteiger partial charge in [0.05, 0.1) is 13.7 Å². The molecule has 0 atom stereocenters. The van der Waals surface area contributed by atoms with Crippen LogP contribution in [-0.4, -0.2) is 29.0 Å². The Kier molecular flexibility index (Phi) is 6.39. The molecule has 1 aliphatic rings. The van der Waals surface area contributed by atoms with E-state index in [0.29, 0.717) is 23.8 Å². The van der Waals surface area contributed by atoms with Gasteiger partial charge in [0.2, 0.25) is 5.12 Å². The van der Waals surface area contributed by atoms with Crippen LogP contribution in [0.2, 0.25) is 0 Å². The lowest BCUT2D eigenvalue weighted by atomic mass is 10.1. The van der Waals surface area contributed by atoms with Crippen LogP contribution >= 0.6 is 23.5 Å². The molecule has 0 unspecified atom stereocenters. The van der Waals surface area contributed by atoms with E-state index in [1.54, 1.807) is 24.9 Å². The van der Waals surface area contributed by atoms with Crippen LogP contribution in [0.15, 0.2) is 28.9 Å². The minimum absolute atomic E-state index is 0.0255. The van der Waals surface area contributed by atoms with Gasteiger partial charge in [0.25, 0.3) is 0 Å². The van der Waals surface area contributed by atoms with Gasteiger partial charge in [0, 0.05) is 5.56 Å². The number of hydrogen-bond donors (Lipinski definition) is 0. The van der Waals surface area contributed by atoms with E-state index in [9.17, 15) is 4.79 Å². The Morgan fingerprint density at radius 2 is 2.18 bits per heavy atom. The third-order valence-corrected chi connectivity index (χ3v) is 5.05. The topological polar surface area (TPSA) is 47.9 Å². The van der Waals surface area contributed by atoms with Crippen molar-refractivity contribution in [2.24, 2.45) is 4.99 Å². The Morgan fingerprint density at radius 3 is 2.86 bits per heavy atom. The Labute approximate surface area is 139 Å². The van der Waals surface area contributed by atoms with E-state index in [1.807, 2.05) is 25.1 Å². The van der Waals surface area contributed by atoms with Crippen molar-refractivity contribution in [1.29, 1.82) is 0 Å². The maximum absolute atomic E-state index is 12.1. The first-order valence-corrected chi connectivity index (χ1v) is 8.95. The third kappa shape index (κ3) is 4.08. The summed E-state index contributed by atoms with van der Waals surface area (Å²) in [5, 5.41) is -0.0255. The lowest BCUT2D eigenvalue weighted by molar-refractivity contribution is -0.107. The van der Waals surface area contributed by atoms with Gasteiger partial charge in [-0.25, -0.2) is 4.99 Å². The number of rotatable bonds is 6. The van der Waals surface area contributed by atoms with E-state index in [-0.39, 0.29) is 5.12 Å². The molecule has 0 saturated carbocycles. The van der Waals surface area contributed by atoms with Crippen molar-refractivity contribution in [2.45, 2.75) is 20.3 Å². The molecule has 1 heterocycles. The molecule has 0 fully saturated rings. The summed E-state index contributed by atoms with van der Waals surface area (Å²) in [6.07, 6.45) is 2.82. The highest BCUT2D eigenvalue weighted by Gasteiger charge is 2.23. The zero-order valence-electron chi connectivity index (χ0n) is 12.9. The molecule has 0 spiro atoms. The van der Waals surface area contributed by atoms with Gasteiger partial charge in [-0.15, -0.1) is 0 Å². The molecular formula is C16H19NO3S2. The highest BCUT2D eigenvalue weighted by Crippen LogP contribution is 2.36. The lowest BCUT2D eigenvalue weighted by Crippen LogP contribution is -1.97. The summed E-state index contributed by atoms with van der Waals surface area (Å²) in [4.78, 5) is 16.5. The Morgan fingerprint density at radius 1 is 1.36 bits per heavy atom. The number of para-hydroxylation sites is 1. The molecule has 0 bridgehead atoms. The molecular weight excluding hydrogens is 318 g/mol. The minimum Gasteiger partial charge on any atom is -0.492 e. The Hall–Kier alpha value is -1.40. The van der Waals surface area contributed by atoms with Crippen molar-refractivity contribution >= 4 is 39.1 Å². The van der Waals surface area contributed by atoms with Gasteiger partial charge in [0.1, 0.15) is 10.1 Å². The van der Waals surface area contributed by atoms with Crippen LogP contribution in [0.4, 0.5) is 0 Å². The second-order valence-corrected chi connectivity index (χ2v) is 6.76. The predicted molar refractivity (Wildman–Crippen MR) is 94.9 cm³/mol. The number of hydrogen-bond acceptors (Lipinski definition) is 6. The maximum Gasteiger partial charge on any atom is 0.244 e. The van der Waals surface area contributed by atoms with Gasteiger partial charge in [-0.1, -0.05) is 30.8 Å². The average molecular weight is 337 g/mol. The smallest absolute Gasteiger partial charge is 0.244 e. The number of nitrogens with zero attached hydrogens (tertiary/aromatic N) is 1. The summed E-state index contributed by atoms with van der Waals surface area (Å²) in [7, 11) is 1.59. The van der Waals surface area contributed by atoms with Gasteiger partial charge >= 0.3 is 0 Å². The molecule has 1 aromatic carbocycles. The lowest BCUT2D eigenvalue weighted by Gasteiger charge is -2.11. The Bertz CT molecular complexity index is 611. The summed E-state index contributed by atoms with van der Waals surface area (Å²) in [6.45, 7) is 4.58. The fourth-order valence-corrected chi connectivity index (χ4v) is 3.69. The number of carbonyl (C=O) groups is 1. The van der Waals surface area contributed by atoms with Crippen molar-refractivity contribution in [3.05, 3.63) is 29.5 Å². The van der Waals surface area contributed by atoms with Gasteiger partial charge in [-0.3, -0.25) is 4.79 Å². The summed E-state index contributed by atoms with van der Waals surface area (Å²) in [5.74, 6) is 2.26. The molecule has 22 heavy (non-hydrogen) atoms. The van der Waals surface area contributed by atoms with Crippen molar-refractivity contribution in [3.63, 3.8) is 0 Å². The van der Waals surface area contributed by atoms with Crippen LogP contribution in [0.3, 0.4) is 0 Å². The van der Waals surface area contributed by atoms with E-state index < -0.39 is 0 Å². The molecule has 1 aliphatic heterocycles. The first-order chi connectivity index (χ1) is 10.7. The zero-order valence-corrected chi connectivity index (χ0v) is 14.6. The second-order valence-electron chi connectivity index (χ2n) is 4.46. The van der Waals surface area contributed by atoms with Crippen molar-refractivity contribution in [1.82, 2.24) is 0 Å². The highest BCUT2D eigenvalue weighted by atomic mass is 32.2. The van der Waals surface area contributed by atoms with Crippen LogP contribution in [0.5, 0.6) is 11.5 Å². The first kappa shape index (κ1) is 17.0. The molecule has 0 radical (unpaired) electrons. The fourth-order valence-electron chi connectivity index (χ4n) is 1.92. The molecule has 0 amide bonds. The zero-order chi connectivity index (χ0) is 15.9. The average Bonchev–Trinajstić information content (AvgIpc) is 2.86. The van der Waals surface area contributed by atoms with E-state index >= 15 is 0 Å². The summed E-state index contributed by atoms with van der Waals surface area (Å²) in [5.41, 5.74) is 1.25. The monoisotopic (exact) mass is 337 g/mol. The number of methoxy groups -OCH3 is 1. The highest BCUT2D eigenvalue weighted by molar-refractivity contribution is 8.45. The maximum atomic E-state index is 12.1. The number of carbonyl (C=O) groups excluding carboxylic acids is 1. The molecule has 0 N–H and O–H groups in total. The van der Waals surface area contributed by atoms with Crippen molar-refractivity contribution in [3.8, 4) is 11.5 Å². The van der Waals surface area contributed by atoms with Crippen LogP contribution in [0.1, 0.15) is 25.8 Å². The number of ether oxygens (including phenoxy) is 2.